The maximum atomic E-state index is 3.97. The molecular weight excluding hydrogens is 392 g/mol. The molecular formula is C15H22N2W. The molecule has 0 saturated heterocycles. The molecule has 0 aliphatic rings. The van der Waals surface area contributed by atoms with E-state index < -0.39 is 0 Å². The fourth-order valence-electron chi connectivity index (χ4n) is 1.31. The second kappa shape index (κ2) is 7.09. The van der Waals surface area contributed by atoms with Gasteiger partial charge in [0.1, 0.15) is 0 Å². The van der Waals surface area contributed by atoms with E-state index in [4.69, 9.17) is 0 Å². The Kier molecular flexibility index (Phi) is 6.84. The summed E-state index contributed by atoms with van der Waals surface area (Å²) in [5.74, 6) is 1.42. The molecule has 0 unspecified atom stereocenters. The molecule has 2 aromatic rings. The molecule has 2 rings (SSSR count). The van der Waals surface area contributed by atoms with E-state index in [0.29, 0.717) is 0 Å². The zero-order chi connectivity index (χ0) is 13.1. The molecule has 0 radical (unpaired) electrons. The molecule has 1 aromatic carbocycles. The van der Waals surface area contributed by atoms with Gasteiger partial charge in [-0.05, 0) is 17.1 Å². The van der Waals surface area contributed by atoms with Crippen LogP contribution in [-0.2, 0) is 26.5 Å². The maximum absolute atomic E-state index is 3.97. The van der Waals surface area contributed by atoms with Crippen LogP contribution in [0.15, 0.2) is 18.3 Å². The fourth-order valence-corrected chi connectivity index (χ4v) is 1.31. The Morgan fingerprint density at radius 2 is 1.78 bits per heavy atom. The number of nitrogens with zero attached hydrogens (tertiary/aromatic N) is 1. The monoisotopic (exact) mass is 414 g/mol. The summed E-state index contributed by atoms with van der Waals surface area (Å²) in [5.41, 5.74) is 2.52. The van der Waals surface area contributed by atoms with Crippen molar-refractivity contribution >= 4 is 10.9 Å². The number of nitrogens with one attached hydrogen (secondary N) is 1. The third-order valence-electron chi connectivity index (χ3n) is 2.22. The van der Waals surface area contributed by atoms with Gasteiger partial charge in [0.2, 0.25) is 0 Å². The van der Waals surface area contributed by atoms with Crippen molar-refractivity contribution in [3.8, 4) is 0 Å². The van der Waals surface area contributed by atoms with Crippen molar-refractivity contribution in [1.29, 1.82) is 0 Å². The molecule has 0 aliphatic heterocycles. The van der Waals surface area contributed by atoms with Gasteiger partial charge < -0.3 is 11.0 Å². The summed E-state index contributed by atoms with van der Waals surface area (Å²) in [5, 5.41) is 7.97. The van der Waals surface area contributed by atoms with Gasteiger partial charge in [0.15, 0.2) is 0 Å². The van der Waals surface area contributed by atoms with Gasteiger partial charge in [0.05, 0.1) is 0 Å². The standard InChI is InChI=1S/C11H13N2.C4H9.W/c1-11(2,3)9-5-4-8-7-12-13-10(8)6-9;1-4(2)3;/h5-7H,1-3H3,(H,12,13);1-3H3;/q2*-1;+2. The molecule has 3 heteroatoms. The van der Waals surface area contributed by atoms with Gasteiger partial charge in [-0.25, -0.2) is 5.10 Å². The van der Waals surface area contributed by atoms with Crippen LogP contribution in [0.2, 0.25) is 0 Å². The van der Waals surface area contributed by atoms with Crippen molar-refractivity contribution in [2.24, 2.45) is 0 Å². The van der Waals surface area contributed by atoms with Gasteiger partial charge in [-0.15, -0.1) is 29.1 Å². The van der Waals surface area contributed by atoms with Crippen LogP contribution >= 0.6 is 0 Å². The molecule has 18 heavy (non-hydrogen) atoms. The normalized spacial score (nSPS) is 10.8. The summed E-state index contributed by atoms with van der Waals surface area (Å²) in [4.78, 5) is 0. The van der Waals surface area contributed by atoms with E-state index in [-0.39, 0.29) is 26.5 Å². The van der Waals surface area contributed by atoms with Gasteiger partial charge in [0.25, 0.3) is 0 Å². The minimum atomic E-state index is 0. The number of benzene rings is 1. The molecule has 1 aromatic heterocycles. The Labute approximate surface area is 125 Å². The van der Waals surface area contributed by atoms with Crippen LogP contribution in [0, 0.1) is 12.0 Å². The zero-order valence-electron chi connectivity index (χ0n) is 12.1. The summed E-state index contributed by atoms with van der Waals surface area (Å²) >= 11 is 0. The number of hydrogen-bond donors (Lipinski definition) is 1. The first-order chi connectivity index (χ1) is 7.80. The molecule has 98 valence electrons. The van der Waals surface area contributed by atoms with Crippen molar-refractivity contribution < 1.29 is 21.1 Å². The predicted octanol–water partition coefficient (Wildman–Crippen LogP) is 4.28. The predicted molar refractivity (Wildman–Crippen MR) is 73.9 cm³/mol. The summed E-state index contributed by atoms with van der Waals surface area (Å²) in [6, 6.07) is 7.39. The Bertz CT molecular complexity index is 464. The average Bonchev–Trinajstić information content (AvgIpc) is 2.61. The van der Waals surface area contributed by atoms with Crippen molar-refractivity contribution in [3.05, 3.63) is 35.9 Å². The summed E-state index contributed by atoms with van der Waals surface area (Å²) < 4.78 is 0. The van der Waals surface area contributed by atoms with Crippen LogP contribution in [0.5, 0.6) is 0 Å². The van der Waals surface area contributed by atoms with Crippen molar-refractivity contribution in [2.75, 3.05) is 0 Å². The van der Waals surface area contributed by atoms with Crippen LogP contribution in [0.3, 0.4) is 0 Å². The molecule has 0 bridgehead atoms. The Morgan fingerprint density at radius 1 is 1.22 bits per heavy atom. The maximum Gasteiger partial charge on any atom is 2.00 e. The van der Waals surface area contributed by atoms with E-state index in [1.54, 1.807) is 6.20 Å². The Balaban J connectivity index is 0.000000512. The molecule has 1 N–H and O–H groups in total. The smallest absolute Gasteiger partial charge is 0.328 e. The van der Waals surface area contributed by atoms with Crippen molar-refractivity contribution in [3.63, 3.8) is 0 Å². The Hall–Kier alpha value is -0.622. The van der Waals surface area contributed by atoms with Gasteiger partial charge in [-0.2, -0.15) is 20.8 Å². The van der Waals surface area contributed by atoms with Crippen LogP contribution in [-0.4, -0.2) is 10.2 Å². The van der Waals surface area contributed by atoms with Gasteiger partial charge in [0, 0.05) is 0 Å². The topological polar surface area (TPSA) is 28.7 Å². The van der Waals surface area contributed by atoms with Crippen LogP contribution < -0.4 is 0 Å². The first-order valence-corrected chi connectivity index (χ1v) is 5.93. The number of H-pyrrole nitrogens is 1. The molecule has 2 nitrogen and oxygen atoms in total. The van der Waals surface area contributed by atoms with Crippen LogP contribution in [0.4, 0.5) is 0 Å². The largest absolute Gasteiger partial charge is 2.00 e. The molecule has 0 spiro atoms. The number of aromatic nitrogens is 2. The molecule has 0 atom stereocenters. The average molecular weight is 414 g/mol. The van der Waals surface area contributed by atoms with E-state index in [1.807, 2.05) is 6.07 Å². The second-order valence-corrected chi connectivity index (χ2v) is 5.84. The van der Waals surface area contributed by atoms with Crippen LogP contribution in [0.1, 0.15) is 47.1 Å². The fraction of sp³-hybridized carbons (Fsp3) is 0.467. The van der Waals surface area contributed by atoms with E-state index >= 15 is 0 Å². The van der Waals surface area contributed by atoms with E-state index in [1.165, 1.54) is 11.5 Å². The summed E-state index contributed by atoms with van der Waals surface area (Å²) in [6.07, 6.45) is 1.79. The van der Waals surface area contributed by atoms with Gasteiger partial charge >= 0.3 is 21.1 Å². The number of rotatable bonds is 0. The molecule has 0 saturated carbocycles. The van der Waals surface area contributed by atoms with Crippen molar-refractivity contribution in [2.45, 2.75) is 47.0 Å². The third kappa shape index (κ3) is 5.35. The third-order valence-corrected chi connectivity index (χ3v) is 2.22. The number of fused-ring (bicyclic) bond motifs is 1. The molecule has 0 fully saturated rings. The quantitative estimate of drug-likeness (QED) is 0.641. The van der Waals surface area contributed by atoms with Gasteiger partial charge in [-0.1, -0.05) is 20.8 Å². The van der Waals surface area contributed by atoms with Crippen LogP contribution in [0.25, 0.3) is 10.9 Å². The summed E-state index contributed by atoms with van der Waals surface area (Å²) in [7, 11) is 0. The molecule has 1 heterocycles. The minimum Gasteiger partial charge on any atom is -0.328 e. The second-order valence-electron chi connectivity index (χ2n) is 5.84. The SMILES string of the molecule is CC(C)(C)c1c[c-]c2cn[nH]c2c1.C[C-](C)C.[W+2]. The first-order valence-electron chi connectivity index (χ1n) is 5.93. The zero-order valence-corrected chi connectivity index (χ0v) is 15.0. The number of aromatic amines is 1. The van der Waals surface area contributed by atoms with E-state index in [2.05, 4.69) is 63.9 Å². The minimum absolute atomic E-state index is 0. The van der Waals surface area contributed by atoms with E-state index in [0.717, 1.165) is 10.9 Å². The molecule has 0 aliphatic carbocycles. The summed E-state index contributed by atoms with van der Waals surface area (Å²) in [6.45, 7) is 12.8. The van der Waals surface area contributed by atoms with Gasteiger partial charge in [-0.3, -0.25) is 0 Å². The number of hydrogen-bond acceptors (Lipinski definition) is 1. The molecule has 0 amide bonds. The van der Waals surface area contributed by atoms with E-state index in [9.17, 15) is 0 Å². The first kappa shape index (κ1) is 17.4. The van der Waals surface area contributed by atoms with Crippen molar-refractivity contribution in [1.82, 2.24) is 10.2 Å². The Morgan fingerprint density at radius 3 is 2.28 bits per heavy atom.